The molecule has 0 unspecified atom stereocenters. The maximum atomic E-state index is 12.0. The molecular weight excluding hydrogens is 298 g/mol. The van der Waals surface area contributed by atoms with Gasteiger partial charge in [-0.1, -0.05) is 0 Å². The fourth-order valence-electron chi connectivity index (χ4n) is 2.44. The molecule has 1 N–H and O–H groups in total. The molecule has 22 heavy (non-hydrogen) atoms. The Morgan fingerprint density at radius 1 is 1.32 bits per heavy atom. The Balaban J connectivity index is 1.59. The molecule has 1 aliphatic rings. The third kappa shape index (κ3) is 3.48. The number of carbonyl (C=O) groups excluding carboxylic acids is 1. The maximum absolute atomic E-state index is 12.0. The van der Waals surface area contributed by atoms with Crippen LogP contribution in [0.1, 0.15) is 11.3 Å². The van der Waals surface area contributed by atoms with E-state index in [1.165, 1.54) is 4.88 Å². The third-order valence-electron chi connectivity index (χ3n) is 3.77. The first-order chi connectivity index (χ1) is 10.8. The Labute approximate surface area is 134 Å². The number of nitrogens with one attached hydrogen (secondary N) is 1. The minimum absolute atomic E-state index is 0.0148. The van der Waals surface area contributed by atoms with E-state index in [0.29, 0.717) is 19.8 Å². The lowest BCUT2D eigenvalue weighted by Gasteiger charge is -2.07. The van der Waals surface area contributed by atoms with Gasteiger partial charge < -0.3 is 14.8 Å². The molecule has 2 heterocycles. The third-order valence-corrected chi connectivity index (χ3v) is 4.91. The van der Waals surface area contributed by atoms with Crippen LogP contribution in [0.25, 0.3) is 10.4 Å². The first-order valence-electron chi connectivity index (χ1n) is 7.35. The predicted molar refractivity (Wildman–Crippen MR) is 87.1 cm³/mol. The second-order valence-electron chi connectivity index (χ2n) is 5.27. The fourth-order valence-corrected chi connectivity index (χ4v) is 3.40. The summed E-state index contributed by atoms with van der Waals surface area (Å²) in [6, 6.07) is 12.2. The summed E-state index contributed by atoms with van der Waals surface area (Å²) in [4.78, 5) is 14.3. The Bertz CT molecular complexity index is 630. The van der Waals surface area contributed by atoms with E-state index >= 15 is 0 Å². The highest BCUT2D eigenvalue weighted by atomic mass is 32.1. The van der Waals surface area contributed by atoms with Gasteiger partial charge in [0.1, 0.15) is 5.75 Å². The van der Waals surface area contributed by atoms with Crippen LogP contribution in [0.15, 0.2) is 36.4 Å². The molecule has 1 saturated heterocycles. The fraction of sp³-hybridized carbons (Fsp3) is 0.353. The van der Waals surface area contributed by atoms with Gasteiger partial charge in [0.15, 0.2) is 0 Å². The summed E-state index contributed by atoms with van der Waals surface area (Å²) in [5.74, 6) is 0.962. The second-order valence-corrected chi connectivity index (χ2v) is 6.44. The molecule has 4 nitrogen and oxygen atoms in total. The van der Waals surface area contributed by atoms with E-state index in [-0.39, 0.29) is 11.8 Å². The van der Waals surface area contributed by atoms with E-state index in [1.807, 2.05) is 24.3 Å². The van der Waals surface area contributed by atoms with Gasteiger partial charge in [-0.15, -0.1) is 11.3 Å². The SMILES string of the molecule is COc1ccc(-c2ccc(CNC(=O)[C@@H]3CCOC3)s2)cc1. The summed E-state index contributed by atoms with van der Waals surface area (Å²) < 4.78 is 10.4. The maximum Gasteiger partial charge on any atom is 0.225 e. The lowest BCUT2D eigenvalue weighted by atomic mass is 10.1. The molecule has 1 amide bonds. The average Bonchev–Trinajstić information content (AvgIpc) is 3.24. The zero-order valence-electron chi connectivity index (χ0n) is 12.5. The van der Waals surface area contributed by atoms with Crippen LogP contribution < -0.4 is 10.1 Å². The Hall–Kier alpha value is -1.85. The molecule has 2 aromatic rings. The molecule has 0 radical (unpaired) electrons. The zero-order chi connectivity index (χ0) is 15.4. The van der Waals surface area contributed by atoms with Crippen molar-refractivity contribution in [2.45, 2.75) is 13.0 Å². The average molecular weight is 317 g/mol. The van der Waals surface area contributed by atoms with Crippen LogP contribution in [0.5, 0.6) is 5.75 Å². The Morgan fingerprint density at radius 2 is 2.14 bits per heavy atom. The number of methoxy groups -OCH3 is 1. The van der Waals surface area contributed by atoms with Crippen molar-refractivity contribution in [3.05, 3.63) is 41.3 Å². The molecule has 116 valence electrons. The number of ether oxygens (including phenoxy) is 2. The summed E-state index contributed by atoms with van der Waals surface area (Å²) in [6.07, 6.45) is 0.827. The number of rotatable bonds is 5. The quantitative estimate of drug-likeness (QED) is 0.922. The minimum atomic E-state index is 0.0148. The van der Waals surface area contributed by atoms with Gasteiger partial charge in [0.25, 0.3) is 0 Å². The van der Waals surface area contributed by atoms with Crippen LogP contribution in [-0.4, -0.2) is 26.2 Å². The second kappa shape index (κ2) is 6.94. The van der Waals surface area contributed by atoms with E-state index in [0.717, 1.165) is 22.6 Å². The molecule has 1 aromatic heterocycles. The number of hydrogen-bond acceptors (Lipinski definition) is 4. The highest BCUT2D eigenvalue weighted by Gasteiger charge is 2.23. The van der Waals surface area contributed by atoms with Gasteiger partial charge in [-0.05, 0) is 48.4 Å². The van der Waals surface area contributed by atoms with Gasteiger partial charge in [0.2, 0.25) is 5.91 Å². The lowest BCUT2D eigenvalue weighted by Crippen LogP contribution is -2.30. The summed E-state index contributed by atoms with van der Waals surface area (Å²) in [6.45, 7) is 1.82. The van der Waals surface area contributed by atoms with Gasteiger partial charge >= 0.3 is 0 Å². The molecular formula is C17H19NO3S. The highest BCUT2D eigenvalue weighted by Crippen LogP contribution is 2.29. The zero-order valence-corrected chi connectivity index (χ0v) is 13.3. The molecule has 1 atom stereocenters. The van der Waals surface area contributed by atoms with Crippen molar-refractivity contribution < 1.29 is 14.3 Å². The number of benzene rings is 1. The first kappa shape index (κ1) is 15.1. The molecule has 0 aliphatic carbocycles. The van der Waals surface area contributed by atoms with Crippen LogP contribution in [0.2, 0.25) is 0 Å². The van der Waals surface area contributed by atoms with Gasteiger partial charge in [0.05, 0.1) is 26.2 Å². The van der Waals surface area contributed by atoms with Crippen molar-refractivity contribution in [2.75, 3.05) is 20.3 Å². The molecule has 0 bridgehead atoms. The van der Waals surface area contributed by atoms with E-state index in [4.69, 9.17) is 9.47 Å². The predicted octanol–water partition coefficient (Wildman–Crippen LogP) is 3.08. The molecule has 0 spiro atoms. The summed E-state index contributed by atoms with van der Waals surface area (Å²) in [5, 5.41) is 3.00. The number of hydrogen-bond donors (Lipinski definition) is 1. The molecule has 1 aromatic carbocycles. The van der Waals surface area contributed by atoms with Crippen LogP contribution in [0.3, 0.4) is 0 Å². The number of amides is 1. The number of carbonyl (C=O) groups is 1. The molecule has 1 aliphatic heterocycles. The first-order valence-corrected chi connectivity index (χ1v) is 8.16. The van der Waals surface area contributed by atoms with E-state index in [1.54, 1.807) is 18.4 Å². The molecule has 3 rings (SSSR count). The van der Waals surface area contributed by atoms with Crippen LogP contribution in [0, 0.1) is 5.92 Å². The van der Waals surface area contributed by atoms with E-state index in [9.17, 15) is 4.79 Å². The van der Waals surface area contributed by atoms with Crippen molar-refractivity contribution in [1.29, 1.82) is 0 Å². The van der Waals surface area contributed by atoms with Gasteiger partial charge in [-0.3, -0.25) is 4.79 Å². The monoisotopic (exact) mass is 317 g/mol. The van der Waals surface area contributed by atoms with E-state index in [2.05, 4.69) is 17.4 Å². The Kier molecular flexibility index (Phi) is 4.75. The normalized spacial score (nSPS) is 17.4. The Morgan fingerprint density at radius 3 is 2.82 bits per heavy atom. The standard InChI is InChI=1S/C17H19NO3S/c1-20-14-4-2-12(3-5-14)16-7-6-15(22-16)10-18-17(19)13-8-9-21-11-13/h2-7,13H,8-11H2,1H3,(H,18,19)/t13-/m1/s1. The van der Waals surface area contributed by atoms with Gasteiger partial charge in [-0.25, -0.2) is 0 Å². The van der Waals surface area contributed by atoms with Crippen molar-refractivity contribution in [3.8, 4) is 16.2 Å². The van der Waals surface area contributed by atoms with E-state index < -0.39 is 0 Å². The molecule has 0 saturated carbocycles. The summed E-state index contributed by atoms with van der Waals surface area (Å²) >= 11 is 1.70. The van der Waals surface area contributed by atoms with Gasteiger partial charge in [-0.2, -0.15) is 0 Å². The molecule has 1 fully saturated rings. The minimum Gasteiger partial charge on any atom is -0.497 e. The summed E-state index contributed by atoms with van der Waals surface area (Å²) in [5.41, 5.74) is 1.16. The molecule has 5 heteroatoms. The smallest absolute Gasteiger partial charge is 0.225 e. The summed E-state index contributed by atoms with van der Waals surface area (Å²) in [7, 11) is 1.66. The van der Waals surface area contributed by atoms with Crippen LogP contribution in [0.4, 0.5) is 0 Å². The van der Waals surface area contributed by atoms with Crippen LogP contribution >= 0.6 is 11.3 Å². The van der Waals surface area contributed by atoms with Gasteiger partial charge in [0, 0.05) is 16.4 Å². The van der Waals surface area contributed by atoms with Crippen molar-refractivity contribution in [2.24, 2.45) is 5.92 Å². The highest BCUT2D eigenvalue weighted by molar-refractivity contribution is 7.15. The topological polar surface area (TPSA) is 47.6 Å². The lowest BCUT2D eigenvalue weighted by molar-refractivity contribution is -0.125. The van der Waals surface area contributed by atoms with Crippen LogP contribution in [-0.2, 0) is 16.1 Å². The van der Waals surface area contributed by atoms with Crippen molar-refractivity contribution >= 4 is 17.2 Å². The van der Waals surface area contributed by atoms with Crippen molar-refractivity contribution in [1.82, 2.24) is 5.32 Å². The van der Waals surface area contributed by atoms with Crippen molar-refractivity contribution in [3.63, 3.8) is 0 Å². The largest absolute Gasteiger partial charge is 0.497 e. The number of thiophene rings is 1.